The van der Waals surface area contributed by atoms with E-state index in [1.807, 2.05) is 36.4 Å². The van der Waals surface area contributed by atoms with E-state index < -0.39 is 0 Å². The Balaban J connectivity index is 1.45. The topological polar surface area (TPSA) is 95.1 Å². The Morgan fingerprint density at radius 2 is 1.89 bits per heavy atom. The van der Waals surface area contributed by atoms with Crippen LogP contribution >= 0.6 is 0 Å². The lowest BCUT2D eigenvalue weighted by molar-refractivity contribution is 0.182. The zero-order chi connectivity index (χ0) is 18.9. The van der Waals surface area contributed by atoms with E-state index in [0.717, 1.165) is 11.1 Å². The summed E-state index contributed by atoms with van der Waals surface area (Å²) in [6.45, 7) is 0.807. The molecule has 0 amide bonds. The number of oxazole rings is 1. The summed E-state index contributed by atoms with van der Waals surface area (Å²) in [6, 6.07) is 14.4. The van der Waals surface area contributed by atoms with Crippen LogP contribution in [-0.2, 0) is 4.74 Å². The van der Waals surface area contributed by atoms with Gasteiger partial charge in [-0.3, -0.25) is 9.78 Å². The molecule has 1 fully saturated rings. The lowest BCUT2D eigenvalue weighted by atomic mass is 10.1. The molecular formula is C20H17N5O3. The van der Waals surface area contributed by atoms with Crippen LogP contribution in [0.25, 0.3) is 22.4 Å². The van der Waals surface area contributed by atoms with Crippen molar-refractivity contribution in [3.63, 3.8) is 0 Å². The van der Waals surface area contributed by atoms with Gasteiger partial charge in [-0.25, -0.2) is 4.68 Å². The van der Waals surface area contributed by atoms with E-state index in [-0.39, 0.29) is 17.6 Å². The van der Waals surface area contributed by atoms with Gasteiger partial charge in [0.25, 0.3) is 11.6 Å². The van der Waals surface area contributed by atoms with Crippen LogP contribution in [-0.4, -0.2) is 39.0 Å². The maximum atomic E-state index is 12.5. The van der Waals surface area contributed by atoms with Crippen molar-refractivity contribution < 1.29 is 9.15 Å². The van der Waals surface area contributed by atoms with E-state index in [0.29, 0.717) is 30.5 Å². The van der Waals surface area contributed by atoms with Crippen molar-refractivity contribution in [3.05, 3.63) is 71.3 Å². The van der Waals surface area contributed by atoms with Gasteiger partial charge < -0.3 is 14.5 Å². The molecule has 1 aliphatic heterocycles. The summed E-state index contributed by atoms with van der Waals surface area (Å²) < 4.78 is 12.8. The molecule has 1 N–H and O–H groups in total. The number of aromatic nitrogens is 4. The number of pyridine rings is 1. The summed E-state index contributed by atoms with van der Waals surface area (Å²) in [4.78, 5) is 21.0. The van der Waals surface area contributed by atoms with Gasteiger partial charge in [0, 0.05) is 24.0 Å². The van der Waals surface area contributed by atoms with Gasteiger partial charge in [-0.05, 0) is 30.3 Å². The second-order valence-electron chi connectivity index (χ2n) is 6.58. The first kappa shape index (κ1) is 16.6. The van der Waals surface area contributed by atoms with Crippen LogP contribution in [0.5, 0.6) is 0 Å². The van der Waals surface area contributed by atoms with Gasteiger partial charge in [0.05, 0.1) is 24.9 Å². The molecule has 4 aromatic rings. The fraction of sp³-hybridized carbons (Fsp3) is 0.200. The number of nitrogens with one attached hydrogen (secondary N) is 1. The Bertz CT molecular complexity index is 1140. The van der Waals surface area contributed by atoms with Gasteiger partial charge in [-0.1, -0.05) is 12.1 Å². The number of ether oxygens (including phenoxy) is 1. The molecular weight excluding hydrogens is 358 g/mol. The lowest BCUT2D eigenvalue weighted by Gasteiger charge is -2.19. The molecule has 1 aliphatic rings. The first-order valence-electron chi connectivity index (χ1n) is 8.98. The number of rotatable bonds is 4. The molecule has 3 aromatic heterocycles. The van der Waals surface area contributed by atoms with Crippen molar-refractivity contribution in [1.82, 2.24) is 19.7 Å². The minimum Gasteiger partial charge on any atom is -0.424 e. The summed E-state index contributed by atoms with van der Waals surface area (Å²) in [5.41, 5.74) is 2.89. The largest absolute Gasteiger partial charge is 0.424 e. The summed E-state index contributed by atoms with van der Waals surface area (Å²) in [7, 11) is 0. The van der Waals surface area contributed by atoms with Crippen molar-refractivity contribution in [3.8, 4) is 11.3 Å². The standard InChI is InChI=1S/C20H17N5O3/c26-19-6-5-14(13-7-9-21-10-8-13)24-25(19)17-12-27-11-16(17)23-20-22-15-3-1-2-4-18(15)28-20/h1-10,16-17H,11-12H2,(H,22,23). The highest BCUT2D eigenvalue weighted by Gasteiger charge is 2.32. The van der Waals surface area contributed by atoms with Crippen LogP contribution in [0, 0.1) is 0 Å². The molecule has 0 bridgehead atoms. The molecule has 2 atom stereocenters. The number of hydrogen-bond acceptors (Lipinski definition) is 7. The van der Waals surface area contributed by atoms with Crippen molar-refractivity contribution in [1.29, 1.82) is 0 Å². The molecule has 2 unspecified atom stereocenters. The molecule has 4 heterocycles. The average molecular weight is 375 g/mol. The maximum absolute atomic E-state index is 12.5. The third-order valence-corrected chi connectivity index (χ3v) is 4.77. The lowest BCUT2D eigenvalue weighted by Crippen LogP contribution is -2.37. The van der Waals surface area contributed by atoms with Crippen molar-refractivity contribution in [2.75, 3.05) is 18.5 Å². The summed E-state index contributed by atoms with van der Waals surface area (Å²) in [5, 5.41) is 7.82. The first-order valence-corrected chi connectivity index (χ1v) is 8.98. The smallest absolute Gasteiger partial charge is 0.296 e. The Morgan fingerprint density at radius 1 is 1.04 bits per heavy atom. The quantitative estimate of drug-likeness (QED) is 0.585. The summed E-state index contributed by atoms with van der Waals surface area (Å²) in [5.74, 6) is 0. The van der Waals surface area contributed by atoms with Crippen molar-refractivity contribution in [2.24, 2.45) is 0 Å². The van der Waals surface area contributed by atoms with Gasteiger partial charge in [-0.2, -0.15) is 10.1 Å². The third kappa shape index (κ3) is 3.03. The number of nitrogens with zero attached hydrogens (tertiary/aromatic N) is 4. The predicted octanol–water partition coefficient (Wildman–Crippen LogP) is 2.50. The number of fused-ring (bicyclic) bond motifs is 1. The number of para-hydroxylation sites is 2. The monoisotopic (exact) mass is 375 g/mol. The minimum absolute atomic E-state index is 0.183. The molecule has 8 heteroatoms. The second kappa shape index (κ2) is 6.90. The molecule has 1 saturated heterocycles. The van der Waals surface area contributed by atoms with Crippen LogP contribution in [0.4, 0.5) is 6.01 Å². The van der Waals surface area contributed by atoms with Crippen LogP contribution in [0.3, 0.4) is 0 Å². The Hall–Kier alpha value is -3.52. The van der Waals surface area contributed by atoms with Crippen LogP contribution < -0.4 is 10.9 Å². The maximum Gasteiger partial charge on any atom is 0.296 e. The van der Waals surface area contributed by atoms with E-state index in [1.165, 1.54) is 10.7 Å². The van der Waals surface area contributed by atoms with E-state index in [2.05, 4.69) is 20.4 Å². The first-order chi connectivity index (χ1) is 13.8. The third-order valence-electron chi connectivity index (χ3n) is 4.77. The fourth-order valence-corrected chi connectivity index (χ4v) is 3.35. The summed E-state index contributed by atoms with van der Waals surface area (Å²) in [6.07, 6.45) is 3.39. The van der Waals surface area contributed by atoms with Crippen molar-refractivity contribution in [2.45, 2.75) is 12.1 Å². The zero-order valence-corrected chi connectivity index (χ0v) is 14.9. The van der Waals surface area contributed by atoms with E-state index in [4.69, 9.17) is 9.15 Å². The molecule has 0 aliphatic carbocycles. The van der Waals surface area contributed by atoms with Gasteiger partial charge in [0.2, 0.25) is 0 Å². The highest BCUT2D eigenvalue weighted by Crippen LogP contribution is 2.25. The second-order valence-corrected chi connectivity index (χ2v) is 6.58. The number of benzene rings is 1. The van der Waals surface area contributed by atoms with Gasteiger partial charge in [0.1, 0.15) is 11.6 Å². The molecule has 0 spiro atoms. The minimum atomic E-state index is -0.274. The molecule has 0 radical (unpaired) electrons. The number of hydrogen-bond donors (Lipinski definition) is 1. The zero-order valence-electron chi connectivity index (χ0n) is 14.9. The van der Waals surface area contributed by atoms with Crippen LogP contribution in [0.1, 0.15) is 6.04 Å². The Morgan fingerprint density at radius 3 is 2.75 bits per heavy atom. The molecule has 28 heavy (non-hydrogen) atoms. The highest BCUT2D eigenvalue weighted by atomic mass is 16.5. The molecule has 1 aromatic carbocycles. The van der Waals surface area contributed by atoms with Crippen LogP contribution in [0.15, 0.2) is 70.1 Å². The average Bonchev–Trinajstić information content (AvgIpc) is 3.35. The van der Waals surface area contributed by atoms with Crippen LogP contribution in [0.2, 0.25) is 0 Å². The molecule has 0 saturated carbocycles. The molecule has 5 rings (SSSR count). The fourth-order valence-electron chi connectivity index (χ4n) is 3.35. The summed E-state index contributed by atoms with van der Waals surface area (Å²) >= 11 is 0. The van der Waals surface area contributed by atoms with E-state index >= 15 is 0 Å². The van der Waals surface area contributed by atoms with Crippen molar-refractivity contribution >= 4 is 17.1 Å². The molecule has 140 valence electrons. The normalized spacial score (nSPS) is 19.1. The SMILES string of the molecule is O=c1ccc(-c2ccncc2)nn1C1COCC1Nc1nc2ccccc2o1. The van der Waals surface area contributed by atoms with Gasteiger partial charge in [-0.15, -0.1) is 0 Å². The predicted molar refractivity (Wildman–Crippen MR) is 103 cm³/mol. The van der Waals surface area contributed by atoms with Gasteiger partial charge in [0.15, 0.2) is 5.58 Å². The number of anilines is 1. The van der Waals surface area contributed by atoms with Gasteiger partial charge >= 0.3 is 0 Å². The van der Waals surface area contributed by atoms with E-state index in [9.17, 15) is 4.79 Å². The Labute approximate surface area is 159 Å². The molecule has 8 nitrogen and oxygen atoms in total. The Kier molecular flexibility index (Phi) is 4.10. The highest BCUT2D eigenvalue weighted by molar-refractivity contribution is 5.74. The van der Waals surface area contributed by atoms with E-state index in [1.54, 1.807) is 18.5 Å².